The molecular formula is C17H16Cl5F3O3. The van der Waals surface area contributed by atoms with Crippen molar-refractivity contribution in [1.29, 1.82) is 0 Å². The van der Waals surface area contributed by atoms with Gasteiger partial charge in [-0.05, 0) is 25.0 Å². The van der Waals surface area contributed by atoms with Crippen LogP contribution < -0.4 is 9.47 Å². The summed E-state index contributed by atoms with van der Waals surface area (Å²) in [5.74, 6) is 0.731. The fourth-order valence-corrected chi connectivity index (χ4v) is 2.54. The van der Waals surface area contributed by atoms with Crippen molar-refractivity contribution in [2.45, 2.75) is 19.0 Å². The molecule has 0 spiro atoms. The summed E-state index contributed by atoms with van der Waals surface area (Å²) in [4.78, 5) is 0. The Morgan fingerprint density at radius 2 is 1.50 bits per heavy atom. The molecule has 0 aliphatic rings. The zero-order valence-electron chi connectivity index (χ0n) is 14.3. The number of hydrogen-bond donors (Lipinski definition) is 0. The minimum atomic E-state index is -4.55. The van der Waals surface area contributed by atoms with Crippen LogP contribution in [0.5, 0.6) is 11.5 Å². The predicted octanol–water partition coefficient (Wildman–Crippen LogP) is 7.55. The second kappa shape index (κ2) is 12.9. The van der Waals surface area contributed by atoms with Crippen LogP contribution in [0.2, 0.25) is 10.0 Å². The summed E-state index contributed by atoms with van der Waals surface area (Å²) in [5, 5.41) is -0.660. The molecule has 0 radical (unpaired) electrons. The zero-order chi connectivity index (χ0) is 21.2. The molecule has 3 nitrogen and oxygen atoms in total. The van der Waals surface area contributed by atoms with Gasteiger partial charge < -0.3 is 14.2 Å². The minimum absolute atomic E-state index is 0.0839. The molecule has 1 aromatic carbocycles. The van der Waals surface area contributed by atoms with Gasteiger partial charge in [0.25, 0.3) is 0 Å². The number of ether oxygens (including phenoxy) is 3. The summed E-state index contributed by atoms with van der Waals surface area (Å²) >= 11 is 28.3. The maximum absolute atomic E-state index is 12.2. The van der Waals surface area contributed by atoms with Gasteiger partial charge in [-0.2, -0.15) is 13.2 Å². The van der Waals surface area contributed by atoms with Crippen molar-refractivity contribution in [2.24, 2.45) is 0 Å². The van der Waals surface area contributed by atoms with Crippen molar-refractivity contribution in [1.82, 2.24) is 0 Å². The van der Waals surface area contributed by atoms with E-state index in [2.05, 4.69) is 0 Å². The second-order valence-electron chi connectivity index (χ2n) is 5.20. The highest BCUT2D eigenvalue weighted by molar-refractivity contribution is 6.55. The third kappa shape index (κ3) is 10.3. The highest BCUT2D eigenvalue weighted by Gasteiger charge is 2.31. The highest BCUT2D eigenvalue weighted by Crippen LogP contribution is 2.37. The molecule has 1 aromatic rings. The summed E-state index contributed by atoms with van der Waals surface area (Å²) in [6.07, 6.45) is -1.16. The second-order valence-corrected chi connectivity index (χ2v) is 7.43. The van der Waals surface area contributed by atoms with Crippen molar-refractivity contribution < 1.29 is 27.4 Å². The van der Waals surface area contributed by atoms with Crippen LogP contribution in [0, 0.1) is 0 Å². The molecule has 0 saturated carbocycles. The van der Waals surface area contributed by atoms with E-state index in [1.165, 1.54) is 6.08 Å². The molecule has 0 heterocycles. The Morgan fingerprint density at radius 3 is 2.07 bits per heavy atom. The third-order valence-corrected chi connectivity index (χ3v) is 4.28. The van der Waals surface area contributed by atoms with Crippen LogP contribution in [0.25, 0.3) is 0 Å². The SMILES string of the molecule is FC(F)(F)/C(Cl)=C/COCCCCOc1c(Cl)cc(OCC=C(Cl)Cl)cc1Cl. The Kier molecular flexibility index (Phi) is 11.8. The molecule has 0 aliphatic heterocycles. The van der Waals surface area contributed by atoms with Gasteiger partial charge in [-0.25, -0.2) is 0 Å². The molecule has 0 aromatic heterocycles. The normalized spacial score (nSPS) is 12.1. The Balaban J connectivity index is 2.33. The average Bonchev–Trinajstić information content (AvgIpc) is 2.57. The summed E-state index contributed by atoms with van der Waals surface area (Å²) in [6, 6.07) is 3.08. The van der Waals surface area contributed by atoms with E-state index in [0.29, 0.717) is 30.9 Å². The van der Waals surface area contributed by atoms with Gasteiger partial charge in [0.1, 0.15) is 21.9 Å². The summed E-state index contributed by atoms with van der Waals surface area (Å²) in [6.45, 7) is 0.487. The number of halogens is 8. The largest absolute Gasteiger partial charge is 0.490 e. The molecule has 0 saturated heterocycles. The van der Waals surface area contributed by atoms with Crippen LogP contribution in [0.1, 0.15) is 12.8 Å². The first-order chi connectivity index (χ1) is 13.1. The van der Waals surface area contributed by atoms with Crippen LogP contribution in [0.15, 0.2) is 33.8 Å². The maximum atomic E-state index is 12.2. The van der Waals surface area contributed by atoms with Gasteiger partial charge in [-0.15, -0.1) is 0 Å². The van der Waals surface area contributed by atoms with Gasteiger partial charge >= 0.3 is 6.18 Å². The first-order valence-corrected chi connectivity index (χ1v) is 9.76. The van der Waals surface area contributed by atoms with E-state index < -0.39 is 11.2 Å². The lowest BCUT2D eigenvalue weighted by molar-refractivity contribution is -0.0850. The van der Waals surface area contributed by atoms with Crippen molar-refractivity contribution in [3.63, 3.8) is 0 Å². The molecule has 0 aliphatic carbocycles. The van der Waals surface area contributed by atoms with Gasteiger partial charge in [0, 0.05) is 18.7 Å². The number of allylic oxidation sites excluding steroid dienone is 1. The lowest BCUT2D eigenvalue weighted by Crippen LogP contribution is -2.08. The standard InChI is InChI=1S/C17H16Cl5F3O3/c18-12-9-11(27-8-4-15(21)22)10-13(19)16(12)28-6-2-1-5-26-7-3-14(20)17(23,24)25/h3-4,9-10H,1-2,5-8H2/b14-3-. The third-order valence-electron chi connectivity index (χ3n) is 3.04. The Hall–Kier alpha value is -0.500. The minimum Gasteiger partial charge on any atom is -0.490 e. The summed E-state index contributed by atoms with van der Waals surface area (Å²) < 4.78 is 52.5. The molecule has 0 fully saturated rings. The van der Waals surface area contributed by atoms with Gasteiger partial charge in [0.15, 0.2) is 5.75 Å². The molecular weight excluding hydrogens is 486 g/mol. The molecule has 158 valence electrons. The van der Waals surface area contributed by atoms with Crippen molar-refractivity contribution in [3.05, 3.63) is 43.9 Å². The van der Waals surface area contributed by atoms with Gasteiger partial charge in [-0.3, -0.25) is 0 Å². The van der Waals surface area contributed by atoms with Gasteiger partial charge in [-0.1, -0.05) is 58.0 Å². The molecule has 1 rings (SSSR count). The number of hydrogen-bond acceptors (Lipinski definition) is 3. The van der Waals surface area contributed by atoms with Gasteiger partial charge in [0.2, 0.25) is 0 Å². The van der Waals surface area contributed by atoms with E-state index >= 15 is 0 Å². The highest BCUT2D eigenvalue weighted by atomic mass is 35.5. The Morgan fingerprint density at radius 1 is 0.893 bits per heavy atom. The topological polar surface area (TPSA) is 27.7 Å². The average molecular weight is 503 g/mol. The fraction of sp³-hybridized carbons (Fsp3) is 0.412. The molecule has 0 bridgehead atoms. The van der Waals surface area contributed by atoms with Crippen molar-refractivity contribution >= 4 is 58.0 Å². The maximum Gasteiger partial charge on any atom is 0.426 e. The van der Waals surface area contributed by atoms with E-state index in [0.717, 1.165) is 6.08 Å². The van der Waals surface area contributed by atoms with Crippen LogP contribution in [0.4, 0.5) is 13.2 Å². The van der Waals surface area contributed by atoms with Crippen LogP contribution in [-0.4, -0.2) is 32.6 Å². The van der Waals surface area contributed by atoms with Crippen LogP contribution >= 0.6 is 58.0 Å². The number of benzene rings is 1. The van der Waals surface area contributed by atoms with Crippen molar-refractivity contribution in [3.8, 4) is 11.5 Å². The molecule has 28 heavy (non-hydrogen) atoms. The summed E-state index contributed by atoms with van der Waals surface area (Å²) in [7, 11) is 0. The monoisotopic (exact) mass is 500 g/mol. The number of rotatable bonds is 11. The Labute approximate surface area is 185 Å². The molecule has 0 amide bonds. The molecule has 0 unspecified atom stereocenters. The number of alkyl halides is 3. The molecule has 0 atom stereocenters. The number of unbranched alkanes of at least 4 members (excludes halogenated alkanes) is 1. The van der Waals surface area contributed by atoms with E-state index in [9.17, 15) is 13.2 Å². The first-order valence-electron chi connectivity index (χ1n) is 7.87. The van der Waals surface area contributed by atoms with Crippen LogP contribution in [-0.2, 0) is 4.74 Å². The quantitative estimate of drug-likeness (QED) is 0.292. The van der Waals surface area contributed by atoms with Crippen molar-refractivity contribution in [2.75, 3.05) is 26.4 Å². The smallest absolute Gasteiger partial charge is 0.426 e. The van der Waals surface area contributed by atoms with E-state index in [-0.39, 0.29) is 34.4 Å². The molecule has 11 heteroatoms. The van der Waals surface area contributed by atoms with Crippen LogP contribution in [0.3, 0.4) is 0 Å². The van der Waals surface area contributed by atoms with E-state index in [1.807, 2.05) is 0 Å². The predicted molar refractivity (Wildman–Crippen MR) is 107 cm³/mol. The Bertz CT molecular complexity index is 666. The lowest BCUT2D eigenvalue weighted by atomic mass is 10.3. The van der Waals surface area contributed by atoms with E-state index in [4.69, 9.17) is 72.2 Å². The lowest BCUT2D eigenvalue weighted by Gasteiger charge is -2.12. The molecule has 0 N–H and O–H groups in total. The van der Waals surface area contributed by atoms with Gasteiger partial charge in [0.05, 0.1) is 23.3 Å². The fourth-order valence-electron chi connectivity index (χ4n) is 1.77. The van der Waals surface area contributed by atoms with E-state index in [1.54, 1.807) is 12.1 Å². The first kappa shape index (κ1) is 25.5. The summed E-state index contributed by atoms with van der Waals surface area (Å²) in [5.41, 5.74) is 0. The zero-order valence-corrected chi connectivity index (χ0v) is 18.1.